The summed E-state index contributed by atoms with van der Waals surface area (Å²) in [6, 6.07) is 2.83. The fraction of sp³-hybridized carbons (Fsp3) is 0.500. The summed E-state index contributed by atoms with van der Waals surface area (Å²) in [7, 11) is 0. The van der Waals surface area contributed by atoms with Gasteiger partial charge in [0.05, 0.1) is 6.20 Å². The molecule has 0 aromatic carbocycles. The standard InChI is InChI=1S/C10H12F3NO/c1-3-7(2)9-5-4-8(6-14-9)15-10(11,12)13/h4-7H,3H2,1-2H3. The van der Waals surface area contributed by atoms with Crippen molar-refractivity contribution in [3.05, 3.63) is 24.0 Å². The van der Waals surface area contributed by atoms with Crippen LogP contribution in [0.15, 0.2) is 18.3 Å². The van der Waals surface area contributed by atoms with Gasteiger partial charge in [0.25, 0.3) is 0 Å². The molecule has 0 saturated heterocycles. The molecule has 1 aromatic heterocycles. The van der Waals surface area contributed by atoms with Crippen LogP contribution in [0.4, 0.5) is 13.2 Å². The summed E-state index contributed by atoms with van der Waals surface area (Å²) >= 11 is 0. The highest BCUT2D eigenvalue weighted by molar-refractivity contribution is 5.21. The highest BCUT2D eigenvalue weighted by Crippen LogP contribution is 2.23. The Morgan fingerprint density at radius 1 is 1.40 bits per heavy atom. The fourth-order valence-electron chi connectivity index (χ4n) is 1.09. The van der Waals surface area contributed by atoms with Crippen LogP contribution in [0, 0.1) is 0 Å². The van der Waals surface area contributed by atoms with Crippen molar-refractivity contribution < 1.29 is 17.9 Å². The molecule has 0 aliphatic carbocycles. The van der Waals surface area contributed by atoms with E-state index in [1.54, 1.807) is 6.07 Å². The smallest absolute Gasteiger partial charge is 0.404 e. The summed E-state index contributed by atoms with van der Waals surface area (Å²) in [5, 5.41) is 0. The van der Waals surface area contributed by atoms with Crippen LogP contribution in [-0.4, -0.2) is 11.3 Å². The van der Waals surface area contributed by atoms with Gasteiger partial charge in [-0.2, -0.15) is 0 Å². The maximum atomic E-state index is 11.8. The van der Waals surface area contributed by atoms with Crippen molar-refractivity contribution >= 4 is 0 Å². The van der Waals surface area contributed by atoms with Gasteiger partial charge in [-0.05, 0) is 24.5 Å². The summed E-state index contributed by atoms with van der Waals surface area (Å²) in [5.74, 6) is -0.0421. The molecule has 1 aromatic rings. The van der Waals surface area contributed by atoms with E-state index in [1.165, 1.54) is 6.07 Å². The van der Waals surface area contributed by atoms with Gasteiger partial charge in [-0.25, -0.2) is 0 Å². The van der Waals surface area contributed by atoms with E-state index in [9.17, 15) is 13.2 Å². The number of hydrogen-bond acceptors (Lipinski definition) is 2. The van der Waals surface area contributed by atoms with Crippen LogP contribution in [0.2, 0.25) is 0 Å². The quantitative estimate of drug-likeness (QED) is 0.776. The largest absolute Gasteiger partial charge is 0.573 e. The third-order valence-corrected chi connectivity index (χ3v) is 2.11. The second kappa shape index (κ2) is 4.51. The molecule has 84 valence electrons. The number of pyridine rings is 1. The number of aromatic nitrogens is 1. The predicted octanol–water partition coefficient (Wildman–Crippen LogP) is 3.49. The molecule has 1 unspecified atom stereocenters. The minimum absolute atomic E-state index is 0.241. The minimum Gasteiger partial charge on any atom is -0.404 e. The van der Waals surface area contributed by atoms with Gasteiger partial charge in [-0.1, -0.05) is 13.8 Å². The van der Waals surface area contributed by atoms with E-state index in [2.05, 4.69) is 9.72 Å². The van der Waals surface area contributed by atoms with E-state index < -0.39 is 6.36 Å². The monoisotopic (exact) mass is 219 g/mol. The molecule has 1 heterocycles. The summed E-state index contributed by atoms with van der Waals surface area (Å²) in [6.45, 7) is 3.96. The van der Waals surface area contributed by atoms with Crippen molar-refractivity contribution in [3.8, 4) is 5.75 Å². The van der Waals surface area contributed by atoms with Gasteiger partial charge in [0.1, 0.15) is 5.75 Å². The maximum Gasteiger partial charge on any atom is 0.573 e. The van der Waals surface area contributed by atoms with Gasteiger partial charge in [0.15, 0.2) is 0 Å². The first-order chi connectivity index (χ1) is 6.92. The number of halogens is 3. The molecule has 0 aliphatic heterocycles. The van der Waals surface area contributed by atoms with E-state index in [1.807, 2.05) is 13.8 Å². The van der Waals surface area contributed by atoms with E-state index in [0.29, 0.717) is 0 Å². The average molecular weight is 219 g/mol. The van der Waals surface area contributed by atoms with E-state index in [-0.39, 0.29) is 11.7 Å². The zero-order chi connectivity index (χ0) is 11.5. The minimum atomic E-state index is -4.65. The van der Waals surface area contributed by atoms with Crippen LogP contribution in [0.1, 0.15) is 31.9 Å². The van der Waals surface area contributed by atoms with Gasteiger partial charge in [-0.3, -0.25) is 4.98 Å². The van der Waals surface area contributed by atoms with Gasteiger partial charge in [0, 0.05) is 5.69 Å². The highest BCUT2D eigenvalue weighted by Gasteiger charge is 2.31. The zero-order valence-electron chi connectivity index (χ0n) is 8.51. The van der Waals surface area contributed by atoms with Crippen LogP contribution in [0.5, 0.6) is 5.75 Å². The van der Waals surface area contributed by atoms with Crippen molar-refractivity contribution in [1.82, 2.24) is 4.98 Å². The van der Waals surface area contributed by atoms with Crippen LogP contribution in [-0.2, 0) is 0 Å². The second-order valence-electron chi connectivity index (χ2n) is 3.28. The molecule has 0 N–H and O–H groups in total. The van der Waals surface area contributed by atoms with Crippen LogP contribution in [0.3, 0.4) is 0 Å². The lowest BCUT2D eigenvalue weighted by Gasteiger charge is -2.10. The molecule has 1 atom stereocenters. The Labute approximate surface area is 86.1 Å². The normalized spacial score (nSPS) is 13.7. The molecule has 5 heteroatoms. The number of nitrogens with zero attached hydrogens (tertiary/aromatic N) is 1. The number of alkyl halides is 3. The lowest BCUT2D eigenvalue weighted by atomic mass is 10.0. The van der Waals surface area contributed by atoms with E-state index in [4.69, 9.17) is 0 Å². The predicted molar refractivity (Wildman–Crippen MR) is 49.6 cm³/mol. The first kappa shape index (κ1) is 11.8. The fourth-order valence-corrected chi connectivity index (χ4v) is 1.09. The third kappa shape index (κ3) is 3.77. The molecule has 15 heavy (non-hydrogen) atoms. The Hall–Kier alpha value is -1.26. The summed E-state index contributed by atoms with van der Waals surface area (Å²) < 4.78 is 39.2. The first-order valence-corrected chi connectivity index (χ1v) is 4.64. The Kier molecular flexibility index (Phi) is 3.55. The molecule has 0 saturated carbocycles. The number of rotatable bonds is 3. The Balaban J connectivity index is 2.72. The van der Waals surface area contributed by atoms with Gasteiger partial charge in [0.2, 0.25) is 0 Å². The van der Waals surface area contributed by atoms with Crippen molar-refractivity contribution in [3.63, 3.8) is 0 Å². The van der Waals surface area contributed by atoms with Crippen molar-refractivity contribution in [1.29, 1.82) is 0 Å². The Morgan fingerprint density at radius 2 is 2.07 bits per heavy atom. The maximum absolute atomic E-state index is 11.8. The van der Waals surface area contributed by atoms with Crippen molar-refractivity contribution in [2.75, 3.05) is 0 Å². The first-order valence-electron chi connectivity index (χ1n) is 4.64. The summed E-state index contributed by atoms with van der Waals surface area (Å²) in [4.78, 5) is 3.91. The molecular formula is C10H12F3NO. The van der Waals surface area contributed by atoms with Crippen LogP contribution in [0.25, 0.3) is 0 Å². The molecular weight excluding hydrogens is 207 g/mol. The molecule has 0 fully saturated rings. The average Bonchev–Trinajstić information content (AvgIpc) is 2.15. The molecule has 0 amide bonds. The van der Waals surface area contributed by atoms with E-state index in [0.717, 1.165) is 18.3 Å². The van der Waals surface area contributed by atoms with Crippen LogP contribution >= 0.6 is 0 Å². The lowest BCUT2D eigenvalue weighted by Crippen LogP contribution is -2.17. The molecule has 2 nitrogen and oxygen atoms in total. The van der Waals surface area contributed by atoms with Gasteiger partial charge < -0.3 is 4.74 Å². The molecule has 0 spiro atoms. The summed E-state index contributed by atoms with van der Waals surface area (Å²) in [6.07, 6.45) is -2.67. The summed E-state index contributed by atoms with van der Waals surface area (Å²) in [5.41, 5.74) is 0.770. The van der Waals surface area contributed by atoms with Gasteiger partial charge >= 0.3 is 6.36 Å². The Bertz CT molecular complexity index is 307. The number of ether oxygens (including phenoxy) is 1. The molecule has 0 radical (unpaired) electrons. The second-order valence-corrected chi connectivity index (χ2v) is 3.28. The number of hydrogen-bond donors (Lipinski definition) is 0. The van der Waals surface area contributed by atoms with E-state index >= 15 is 0 Å². The SMILES string of the molecule is CCC(C)c1ccc(OC(F)(F)F)cn1. The Morgan fingerprint density at radius 3 is 2.47 bits per heavy atom. The molecule has 0 bridgehead atoms. The zero-order valence-corrected chi connectivity index (χ0v) is 8.51. The molecule has 1 rings (SSSR count). The van der Waals surface area contributed by atoms with Crippen LogP contribution < -0.4 is 4.74 Å². The highest BCUT2D eigenvalue weighted by atomic mass is 19.4. The van der Waals surface area contributed by atoms with Gasteiger partial charge in [-0.15, -0.1) is 13.2 Å². The third-order valence-electron chi connectivity index (χ3n) is 2.11. The molecule has 0 aliphatic rings. The van der Waals surface area contributed by atoms with Crippen molar-refractivity contribution in [2.24, 2.45) is 0 Å². The lowest BCUT2D eigenvalue weighted by molar-refractivity contribution is -0.274. The topological polar surface area (TPSA) is 22.1 Å². The van der Waals surface area contributed by atoms with Crippen molar-refractivity contribution in [2.45, 2.75) is 32.5 Å².